The van der Waals surface area contributed by atoms with Gasteiger partial charge >= 0.3 is 6.18 Å². The molecule has 5 rings (SSSR count). The number of ether oxygens (including phenoxy) is 1. The van der Waals surface area contributed by atoms with Gasteiger partial charge in [-0.1, -0.05) is 12.0 Å². The summed E-state index contributed by atoms with van der Waals surface area (Å²) in [5.41, 5.74) is 2.55. The van der Waals surface area contributed by atoms with Gasteiger partial charge in [-0.2, -0.15) is 18.4 Å². The van der Waals surface area contributed by atoms with Crippen LogP contribution in [0.25, 0.3) is 10.9 Å². The topological polar surface area (TPSA) is 95.2 Å². The molecule has 0 saturated carbocycles. The predicted molar refractivity (Wildman–Crippen MR) is 176 cm³/mol. The average Bonchev–Trinajstić information content (AvgIpc) is 3.40. The SMILES string of the molecule is CC(C)(C#N)c1ccc(NCC#Cc2cc3cc(CCC4CCN(C(=O)CNC5CCOCC5)CC4)ccc3n2CC(F)(F)F)cn1. The minimum absolute atomic E-state index is 0.158. The number of nitrogens with zero attached hydrogens (tertiary/aromatic N) is 4. The first-order valence-corrected chi connectivity index (χ1v) is 16.4. The molecule has 0 radical (unpaired) electrons. The largest absolute Gasteiger partial charge is 0.406 e. The zero-order valence-corrected chi connectivity index (χ0v) is 27.1. The third kappa shape index (κ3) is 9.50. The number of pyridine rings is 1. The molecule has 2 saturated heterocycles. The van der Waals surface area contributed by atoms with Crippen LogP contribution in [0.2, 0.25) is 0 Å². The highest BCUT2D eigenvalue weighted by atomic mass is 19.4. The van der Waals surface area contributed by atoms with Crippen molar-refractivity contribution in [3.8, 4) is 17.9 Å². The zero-order valence-electron chi connectivity index (χ0n) is 27.1. The monoisotopic (exact) mass is 648 g/mol. The highest BCUT2D eigenvalue weighted by molar-refractivity contribution is 5.83. The van der Waals surface area contributed by atoms with Gasteiger partial charge in [0.15, 0.2) is 0 Å². The number of aromatic nitrogens is 2. The van der Waals surface area contributed by atoms with Crippen molar-refractivity contribution in [1.82, 2.24) is 19.8 Å². The second kappa shape index (κ2) is 15.2. The quantitative estimate of drug-likeness (QED) is 0.270. The average molecular weight is 649 g/mol. The number of nitrogens with one attached hydrogen (secondary N) is 2. The van der Waals surface area contributed by atoms with Gasteiger partial charge in [-0.05, 0) is 100 Å². The lowest BCUT2D eigenvalue weighted by atomic mass is 9.90. The van der Waals surface area contributed by atoms with E-state index in [9.17, 15) is 23.2 Å². The Balaban J connectivity index is 1.16. The van der Waals surface area contributed by atoms with Crippen LogP contribution in [0.1, 0.15) is 62.9 Å². The van der Waals surface area contributed by atoms with E-state index in [4.69, 9.17) is 4.74 Å². The number of rotatable bonds is 10. The number of fused-ring (bicyclic) bond motifs is 1. The first kappa shape index (κ1) is 34.3. The third-order valence-corrected chi connectivity index (χ3v) is 9.16. The van der Waals surface area contributed by atoms with Crippen LogP contribution in [0.3, 0.4) is 0 Å². The Morgan fingerprint density at radius 3 is 2.53 bits per heavy atom. The fourth-order valence-electron chi connectivity index (χ4n) is 6.22. The summed E-state index contributed by atoms with van der Waals surface area (Å²) in [6, 6.07) is 13.5. The smallest absolute Gasteiger partial charge is 0.381 e. The van der Waals surface area contributed by atoms with Gasteiger partial charge in [0.05, 0.1) is 47.8 Å². The lowest BCUT2D eigenvalue weighted by molar-refractivity contribution is -0.140. The summed E-state index contributed by atoms with van der Waals surface area (Å²) in [4.78, 5) is 19.0. The Bertz CT molecular complexity index is 1620. The van der Waals surface area contributed by atoms with E-state index in [2.05, 4.69) is 33.5 Å². The van der Waals surface area contributed by atoms with Gasteiger partial charge in [0, 0.05) is 43.2 Å². The number of halogens is 3. The molecule has 2 aliphatic rings. The lowest BCUT2D eigenvalue weighted by Gasteiger charge is -2.33. The Kier molecular flexibility index (Phi) is 11.1. The fraction of sp³-hybridized carbons (Fsp3) is 0.528. The van der Waals surface area contributed by atoms with Crippen LogP contribution in [-0.4, -0.2) is 72.0 Å². The molecule has 250 valence electrons. The number of amides is 1. The van der Waals surface area contributed by atoms with Crippen molar-refractivity contribution in [2.75, 3.05) is 44.7 Å². The number of likely N-dealkylation sites (tertiary alicyclic amines) is 1. The zero-order chi connectivity index (χ0) is 33.4. The van der Waals surface area contributed by atoms with Gasteiger partial charge in [-0.3, -0.25) is 9.78 Å². The van der Waals surface area contributed by atoms with E-state index in [1.807, 2.05) is 17.0 Å². The van der Waals surface area contributed by atoms with Crippen LogP contribution in [0.5, 0.6) is 0 Å². The number of benzene rings is 1. The van der Waals surface area contributed by atoms with Crippen molar-refractivity contribution in [2.24, 2.45) is 5.92 Å². The van der Waals surface area contributed by atoms with Crippen LogP contribution in [-0.2, 0) is 27.9 Å². The van der Waals surface area contributed by atoms with Crippen molar-refractivity contribution >= 4 is 22.5 Å². The maximum atomic E-state index is 13.5. The Labute approximate surface area is 274 Å². The molecule has 4 heterocycles. The molecule has 1 aromatic carbocycles. The molecular weight excluding hydrogens is 605 g/mol. The van der Waals surface area contributed by atoms with Crippen molar-refractivity contribution in [1.29, 1.82) is 5.26 Å². The van der Waals surface area contributed by atoms with Gasteiger partial charge < -0.3 is 24.8 Å². The molecule has 3 aromatic rings. The Hall–Kier alpha value is -4.06. The molecule has 8 nitrogen and oxygen atoms in total. The normalized spacial score (nSPS) is 16.5. The van der Waals surface area contributed by atoms with Crippen LogP contribution in [0, 0.1) is 29.1 Å². The van der Waals surface area contributed by atoms with Gasteiger partial charge in [-0.15, -0.1) is 0 Å². The lowest BCUT2D eigenvalue weighted by Crippen LogP contribution is -2.46. The highest BCUT2D eigenvalue weighted by Gasteiger charge is 2.30. The molecule has 11 heteroatoms. The second-order valence-electron chi connectivity index (χ2n) is 13.1. The first-order valence-electron chi connectivity index (χ1n) is 16.4. The number of carbonyl (C=O) groups is 1. The summed E-state index contributed by atoms with van der Waals surface area (Å²) in [5, 5.41) is 16.5. The van der Waals surface area contributed by atoms with Crippen molar-refractivity contribution < 1.29 is 22.7 Å². The number of anilines is 1. The minimum Gasteiger partial charge on any atom is -0.381 e. The molecule has 0 spiro atoms. The molecule has 2 aromatic heterocycles. The van der Waals surface area contributed by atoms with E-state index in [-0.39, 0.29) is 12.5 Å². The van der Waals surface area contributed by atoms with Gasteiger partial charge in [-0.25, -0.2) is 0 Å². The van der Waals surface area contributed by atoms with E-state index in [0.29, 0.717) is 41.1 Å². The molecule has 0 atom stereocenters. The number of hydrogen-bond donors (Lipinski definition) is 2. The summed E-state index contributed by atoms with van der Waals surface area (Å²) in [6.07, 6.45) is 2.83. The van der Waals surface area contributed by atoms with Crippen molar-refractivity contribution in [3.63, 3.8) is 0 Å². The molecular formula is C36H43F3N6O2. The maximum Gasteiger partial charge on any atom is 0.406 e. The van der Waals surface area contributed by atoms with Crippen LogP contribution in [0.4, 0.5) is 18.9 Å². The molecule has 2 fully saturated rings. The van der Waals surface area contributed by atoms with Crippen LogP contribution < -0.4 is 10.6 Å². The summed E-state index contributed by atoms with van der Waals surface area (Å²) < 4.78 is 47.3. The molecule has 47 heavy (non-hydrogen) atoms. The second-order valence-corrected chi connectivity index (χ2v) is 13.1. The standard InChI is InChI=1S/C36H43F3N6O2/c1-35(2,24-40)33-10-8-30(22-43-33)41-15-3-4-31-21-28-20-27(7-9-32(28)45(31)25-36(37,38)39)6-5-26-11-16-44(17-12-26)34(46)23-42-29-13-18-47-19-14-29/h7-10,20-22,26,29,41-42H,5-6,11-19,23,25H2,1-2H3. The molecule has 0 aliphatic carbocycles. The minimum atomic E-state index is -4.39. The Morgan fingerprint density at radius 2 is 1.85 bits per heavy atom. The molecule has 1 amide bonds. The van der Waals surface area contributed by atoms with Gasteiger partial charge in [0.2, 0.25) is 5.91 Å². The van der Waals surface area contributed by atoms with Crippen molar-refractivity contribution in [2.45, 2.75) is 76.6 Å². The molecule has 0 bridgehead atoms. The van der Waals surface area contributed by atoms with Gasteiger partial charge in [0.1, 0.15) is 6.54 Å². The van der Waals surface area contributed by atoms with Crippen LogP contribution in [0.15, 0.2) is 42.6 Å². The van der Waals surface area contributed by atoms with Gasteiger partial charge in [0.25, 0.3) is 0 Å². The van der Waals surface area contributed by atoms with E-state index < -0.39 is 18.1 Å². The number of piperidine rings is 1. The fourth-order valence-corrected chi connectivity index (χ4v) is 6.22. The summed E-state index contributed by atoms with van der Waals surface area (Å²) >= 11 is 0. The number of alkyl halides is 3. The Morgan fingerprint density at radius 1 is 1.09 bits per heavy atom. The van der Waals surface area contributed by atoms with Crippen LogP contribution >= 0.6 is 0 Å². The maximum absolute atomic E-state index is 13.5. The molecule has 2 N–H and O–H groups in total. The number of carbonyl (C=O) groups excluding carboxylic acids is 1. The summed E-state index contributed by atoms with van der Waals surface area (Å²) in [6.45, 7) is 6.08. The predicted octanol–water partition coefficient (Wildman–Crippen LogP) is 5.80. The molecule has 2 aliphatic heterocycles. The number of nitriles is 1. The third-order valence-electron chi connectivity index (χ3n) is 9.16. The van der Waals surface area contributed by atoms with E-state index in [0.717, 1.165) is 75.8 Å². The summed E-state index contributed by atoms with van der Waals surface area (Å²) in [7, 11) is 0. The highest BCUT2D eigenvalue weighted by Crippen LogP contribution is 2.28. The van der Waals surface area contributed by atoms with E-state index in [1.165, 1.54) is 4.57 Å². The van der Waals surface area contributed by atoms with E-state index in [1.54, 1.807) is 44.3 Å². The number of hydrogen-bond acceptors (Lipinski definition) is 6. The molecule has 0 unspecified atom stereocenters. The first-order chi connectivity index (χ1) is 22.5. The summed E-state index contributed by atoms with van der Waals surface area (Å²) in [5.74, 6) is 6.54. The van der Waals surface area contributed by atoms with E-state index >= 15 is 0 Å². The number of aryl methyl sites for hydroxylation is 1. The van der Waals surface area contributed by atoms with Crippen molar-refractivity contribution in [3.05, 3.63) is 59.5 Å².